The summed E-state index contributed by atoms with van der Waals surface area (Å²) < 4.78 is 10.8. The normalized spacial score (nSPS) is 12.8. The van der Waals surface area contributed by atoms with Crippen molar-refractivity contribution in [1.29, 1.82) is 0 Å². The van der Waals surface area contributed by atoms with E-state index in [4.69, 9.17) is 15.2 Å². The topological polar surface area (TPSA) is 57.4 Å². The molecular formula is C16H12N2O2. The van der Waals surface area contributed by atoms with Crippen molar-refractivity contribution < 1.29 is 9.47 Å². The predicted octanol–water partition coefficient (Wildman–Crippen LogP) is 3.21. The molecule has 0 amide bonds. The van der Waals surface area contributed by atoms with Crippen LogP contribution in [0.5, 0.6) is 11.5 Å². The summed E-state index contributed by atoms with van der Waals surface area (Å²) in [6.07, 6.45) is 0. The van der Waals surface area contributed by atoms with Gasteiger partial charge < -0.3 is 15.2 Å². The summed E-state index contributed by atoms with van der Waals surface area (Å²) in [7, 11) is 0. The van der Waals surface area contributed by atoms with E-state index in [1.54, 1.807) is 0 Å². The van der Waals surface area contributed by atoms with Gasteiger partial charge in [-0.2, -0.15) is 0 Å². The number of nitrogens with two attached hydrogens (primary N) is 1. The van der Waals surface area contributed by atoms with E-state index in [2.05, 4.69) is 4.98 Å². The van der Waals surface area contributed by atoms with Crippen LogP contribution in [-0.2, 0) is 0 Å². The van der Waals surface area contributed by atoms with Gasteiger partial charge >= 0.3 is 0 Å². The van der Waals surface area contributed by atoms with Crippen molar-refractivity contribution in [3.8, 4) is 22.6 Å². The van der Waals surface area contributed by atoms with Gasteiger partial charge in [-0.15, -0.1) is 0 Å². The third kappa shape index (κ3) is 1.66. The lowest BCUT2D eigenvalue weighted by Crippen LogP contribution is -1.95. The Kier molecular flexibility index (Phi) is 2.29. The van der Waals surface area contributed by atoms with Crippen molar-refractivity contribution in [3.05, 3.63) is 48.5 Å². The van der Waals surface area contributed by atoms with Gasteiger partial charge in [0, 0.05) is 17.0 Å². The molecular weight excluding hydrogens is 252 g/mol. The monoisotopic (exact) mass is 264 g/mol. The second-order valence-electron chi connectivity index (χ2n) is 4.69. The number of pyridine rings is 1. The van der Waals surface area contributed by atoms with E-state index < -0.39 is 0 Å². The lowest BCUT2D eigenvalue weighted by molar-refractivity contribution is 0.174. The SMILES string of the molecule is Nc1nc2cc3c(cc2cc1-c1ccccc1)OCO3. The van der Waals surface area contributed by atoms with Gasteiger partial charge in [0.05, 0.1) is 5.52 Å². The fraction of sp³-hybridized carbons (Fsp3) is 0.0625. The zero-order valence-electron chi connectivity index (χ0n) is 10.7. The Balaban J connectivity index is 1.95. The first kappa shape index (κ1) is 11.1. The molecule has 0 saturated carbocycles. The summed E-state index contributed by atoms with van der Waals surface area (Å²) in [5.41, 5.74) is 8.87. The van der Waals surface area contributed by atoms with E-state index in [9.17, 15) is 0 Å². The second-order valence-corrected chi connectivity index (χ2v) is 4.69. The molecule has 2 heterocycles. The van der Waals surface area contributed by atoms with Crippen molar-refractivity contribution >= 4 is 16.7 Å². The molecule has 0 spiro atoms. The number of hydrogen-bond acceptors (Lipinski definition) is 4. The molecule has 0 unspecified atom stereocenters. The van der Waals surface area contributed by atoms with Crippen LogP contribution in [0.15, 0.2) is 48.5 Å². The molecule has 2 N–H and O–H groups in total. The van der Waals surface area contributed by atoms with Crippen LogP contribution < -0.4 is 15.2 Å². The number of ether oxygens (including phenoxy) is 2. The van der Waals surface area contributed by atoms with E-state index in [0.29, 0.717) is 5.82 Å². The Morgan fingerprint density at radius 1 is 0.950 bits per heavy atom. The molecule has 0 atom stereocenters. The van der Waals surface area contributed by atoms with E-state index in [1.165, 1.54) is 0 Å². The molecule has 2 aromatic carbocycles. The molecule has 4 rings (SSSR count). The average Bonchev–Trinajstić information content (AvgIpc) is 2.92. The fourth-order valence-electron chi connectivity index (χ4n) is 2.43. The largest absolute Gasteiger partial charge is 0.454 e. The van der Waals surface area contributed by atoms with Crippen LogP contribution in [0.25, 0.3) is 22.0 Å². The zero-order valence-corrected chi connectivity index (χ0v) is 10.7. The first-order valence-corrected chi connectivity index (χ1v) is 6.36. The Bertz CT molecular complexity index is 800. The molecule has 98 valence electrons. The molecule has 0 bridgehead atoms. The zero-order chi connectivity index (χ0) is 13.5. The lowest BCUT2D eigenvalue weighted by atomic mass is 10.0. The number of rotatable bonds is 1. The summed E-state index contributed by atoms with van der Waals surface area (Å²) in [6, 6.07) is 15.8. The highest BCUT2D eigenvalue weighted by molar-refractivity contribution is 5.90. The van der Waals surface area contributed by atoms with Gasteiger partial charge in [-0.25, -0.2) is 4.98 Å². The summed E-state index contributed by atoms with van der Waals surface area (Å²) in [6.45, 7) is 0.257. The third-order valence-corrected chi connectivity index (χ3v) is 3.42. The summed E-state index contributed by atoms with van der Waals surface area (Å²) in [5.74, 6) is 1.99. The van der Waals surface area contributed by atoms with Crippen molar-refractivity contribution in [2.75, 3.05) is 12.5 Å². The minimum absolute atomic E-state index is 0.257. The minimum atomic E-state index is 0.257. The van der Waals surface area contributed by atoms with Crippen LogP contribution in [0.4, 0.5) is 5.82 Å². The van der Waals surface area contributed by atoms with Gasteiger partial charge in [0.2, 0.25) is 6.79 Å². The molecule has 0 saturated heterocycles. The average molecular weight is 264 g/mol. The van der Waals surface area contributed by atoms with Gasteiger partial charge in [0.25, 0.3) is 0 Å². The van der Waals surface area contributed by atoms with Crippen molar-refractivity contribution in [2.24, 2.45) is 0 Å². The number of aromatic nitrogens is 1. The van der Waals surface area contributed by atoms with E-state index in [1.807, 2.05) is 48.5 Å². The van der Waals surface area contributed by atoms with Crippen LogP contribution in [0.3, 0.4) is 0 Å². The van der Waals surface area contributed by atoms with Crippen molar-refractivity contribution in [3.63, 3.8) is 0 Å². The first-order valence-electron chi connectivity index (χ1n) is 6.36. The highest BCUT2D eigenvalue weighted by atomic mass is 16.7. The smallest absolute Gasteiger partial charge is 0.231 e. The van der Waals surface area contributed by atoms with Gasteiger partial charge in [-0.3, -0.25) is 0 Å². The van der Waals surface area contributed by atoms with Gasteiger partial charge in [-0.05, 0) is 17.7 Å². The predicted molar refractivity (Wildman–Crippen MR) is 77.7 cm³/mol. The molecule has 1 aliphatic rings. The highest BCUT2D eigenvalue weighted by Gasteiger charge is 2.16. The maximum absolute atomic E-state index is 6.08. The molecule has 3 aromatic rings. The van der Waals surface area contributed by atoms with Crippen molar-refractivity contribution in [2.45, 2.75) is 0 Å². The molecule has 0 fully saturated rings. The molecule has 4 nitrogen and oxygen atoms in total. The second kappa shape index (κ2) is 4.13. The van der Waals surface area contributed by atoms with Crippen LogP contribution in [0, 0.1) is 0 Å². The lowest BCUT2D eigenvalue weighted by Gasteiger charge is -2.08. The Hall–Kier alpha value is -2.75. The molecule has 1 aliphatic heterocycles. The quantitative estimate of drug-likeness (QED) is 0.733. The number of hydrogen-bond donors (Lipinski definition) is 1. The Morgan fingerprint density at radius 2 is 1.70 bits per heavy atom. The van der Waals surface area contributed by atoms with Gasteiger partial charge in [-0.1, -0.05) is 30.3 Å². The fourth-order valence-corrected chi connectivity index (χ4v) is 2.43. The van der Waals surface area contributed by atoms with Gasteiger partial charge in [0.1, 0.15) is 5.82 Å². The third-order valence-electron chi connectivity index (χ3n) is 3.42. The Labute approximate surface area is 115 Å². The molecule has 0 radical (unpaired) electrons. The molecule has 20 heavy (non-hydrogen) atoms. The van der Waals surface area contributed by atoms with Crippen LogP contribution >= 0.6 is 0 Å². The van der Waals surface area contributed by atoms with Crippen LogP contribution in [-0.4, -0.2) is 11.8 Å². The molecule has 0 aliphatic carbocycles. The van der Waals surface area contributed by atoms with Crippen LogP contribution in [0.2, 0.25) is 0 Å². The van der Waals surface area contributed by atoms with Crippen molar-refractivity contribution in [1.82, 2.24) is 4.98 Å². The highest BCUT2D eigenvalue weighted by Crippen LogP contribution is 2.37. The summed E-state index contributed by atoms with van der Waals surface area (Å²) in [5, 5.41) is 0.988. The molecule has 4 heteroatoms. The number of nitrogen functional groups attached to an aromatic ring is 1. The Morgan fingerprint density at radius 3 is 2.50 bits per heavy atom. The summed E-state index contributed by atoms with van der Waals surface area (Å²) >= 11 is 0. The van der Waals surface area contributed by atoms with E-state index >= 15 is 0 Å². The van der Waals surface area contributed by atoms with Gasteiger partial charge in [0.15, 0.2) is 11.5 Å². The number of fused-ring (bicyclic) bond motifs is 2. The first-order chi connectivity index (χ1) is 9.81. The summed E-state index contributed by atoms with van der Waals surface area (Å²) in [4.78, 5) is 4.47. The maximum Gasteiger partial charge on any atom is 0.231 e. The number of anilines is 1. The van der Waals surface area contributed by atoms with E-state index in [0.717, 1.165) is 33.5 Å². The maximum atomic E-state index is 6.08. The molecule has 1 aromatic heterocycles. The number of nitrogens with zero attached hydrogens (tertiary/aromatic N) is 1. The minimum Gasteiger partial charge on any atom is -0.454 e. The van der Waals surface area contributed by atoms with Crippen LogP contribution in [0.1, 0.15) is 0 Å². The standard InChI is InChI=1S/C16H12N2O2/c17-16-12(10-4-2-1-3-5-10)6-11-7-14-15(20-9-19-14)8-13(11)18-16/h1-8H,9H2,(H2,17,18). The van der Waals surface area contributed by atoms with E-state index in [-0.39, 0.29) is 6.79 Å². The number of benzene rings is 2.